The number of benzene rings is 2. The average Bonchev–Trinajstić information content (AvgIpc) is 2.53. The molecule has 0 spiro atoms. The van der Waals surface area contributed by atoms with Crippen LogP contribution in [0.4, 0.5) is 14.5 Å². The van der Waals surface area contributed by atoms with E-state index in [-0.39, 0.29) is 12.1 Å². The summed E-state index contributed by atoms with van der Waals surface area (Å²) in [6.07, 6.45) is 0.726. The molecule has 0 aliphatic carbocycles. The first-order chi connectivity index (χ1) is 11.1. The Morgan fingerprint density at radius 1 is 1.17 bits per heavy atom. The fourth-order valence-corrected chi connectivity index (χ4v) is 2.61. The molecular formula is C18H16F2N2O. The molecule has 118 valence electrons. The van der Waals surface area contributed by atoms with Crippen molar-refractivity contribution in [2.24, 2.45) is 0 Å². The highest BCUT2D eigenvalue weighted by atomic mass is 19.1. The number of hydrogen-bond acceptors (Lipinski definition) is 3. The summed E-state index contributed by atoms with van der Waals surface area (Å²) < 4.78 is 27.2. The number of pyridine rings is 1. The van der Waals surface area contributed by atoms with Gasteiger partial charge in [-0.1, -0.05) is 24.3 Å². The summed E-state index contributed by atoms with van der Waals surface area (Å²) in [6.45, 7) is 2.15. The number of hydrogen-bond donors (Lipinski definition) is 2. The molecule has 3 aromatic rings. The second-order valence-electron chi connectivity index (χ2n) is 5.40. The van der Waals surface area contributed by atoms with Crippen molar-refractivity contribution in [2.45, 2.75) is 13.0 Å². The van der Waals surface area contributed by atoms with Gasteiger partial charge in [0.15, 0.2) is 5.82 Å². The number of aromatic nitrogens is 1. The van der Waals surface area contributed by atoms with E-state index in [1.165, 1.54) is 12.3 Å². The van der Waals surface area contributed by atoms with Crippen molar-refractivity contribution in [1.29, 1.82) is 0 Å². The van der Waals surface area contributed by atoms with Crippen molar-refractivity contribution >= 4 is 16.6 Å². The topological polar surface area (TPSA) is 45.1 Å². The zero-order chi connectivity index (χ0) is 16.4. The van der Waals surface area contributed by atoms with Crippen molar-refractivity contribution in [3.63, 3.8) is 0 Å². The molecule has 23 heavy (non-hydrogen) atoms. The number of aliphatic hydroxyl groups excluding tert-OH is 1. The first-order valence-corrected chi connectivity index (χ1v) is 7.27. The van der Waals surface area contributed by atoms with Crippen LogP contribution in [-0.2, 0) is 0 Å². The summed E-state index contributed by atoms with van der Waals surface area (Å²) in [5, 5.41) is 13.7. The summed E-state index contributed by atoms with van der Waals surface area (Å²) in [4.78, 5) is 3.94. The predicted molar refractivity (Wildman–Crippen MR) is 86.3 cm³/mol. The van der Waals surface area contributed by atoms with Gasteiger partial charge in [-0.3, -0.25) is 4.98 Å². The molecule has 0 bridgehead atoms. The standard InChI is InChI=1S/C18H16F2N2O/c1-11-4-2-3-5-13(11)17(23)10-22-16-6-7-21-18-14(16)8-12(19)9-15(18)20/h2-9,17,23H,10H2,1H3,(H,21,22). The maximum absolute atomic E-state index is 13.8. The summed E-state index contributed by atoms with van der Waals surface area (Å²) in [6, 6.07) is 11.2. The number of nitrogens with one attached hydrogen (secondary N) is 1. The molecule has 1 unspecified atom stereocenters. The van der Waals surface area contributed by atoms with Crippen molar-refractivity contribution < 1.29 is 13.9 Å². The molecule has 0 saturated heterocycles. The Bertz CT molecular complexity index is 852. The van der Waals surface area contributed by atoms with Crippen LogP contribution in [0.1, 0.15) is 17.2 Å². The van der Waals surface area contributed by atoms with E-state index in [1.54, 1.807) is 6.07 Å². The third-order valence-corrected chi connectivity index (χ3v) is 3.80. The van der Waals surface area contributed by atoms with Crippen molar-refractivity contribution in [2.75, 3.05) is 11.9 Å². The number of nitrogens with zero attached hydrogens (tertiary/aromatic N) is 1. The molecule has 2 aromatic carbocycles. The average molecular weight is 314 g/mol. The number of aliphatic hydroxyl groups is 1. The number of anilines is 1. The number of halogens is 2. The molecule has 0 saturated carbocycles. The summed E-state index contributed by atoms with van der Waals surface area (Å²) in [5.41, 5.74) is 2.43. The molecule has 2 N–H and O–H groups in total. The lowest BCUT2D eigenvalue weighted by Gasteiger charge is -2.16. The lowest BCUT2D eigenvalue weighted by molar-refractivity contribution is 0.191. The molecule has 1 atom stereocenters. The molecule has 1 heterocycles. The molecule has 0 aliphatic heterocycles. The fourth-order valence-electron chi connectivity index (χ4n) is 2.61. The van der Waals surface area contributed by atoms with E-state index in [1.807, 2.05) is 31.2 Å². The smallest absolute Gasteiger partial charge is 0.152 e. The zero-order valence-corrected chi connectivity index (χ0v) is 12.6. The molecule has 5 heteroatoms. The Kier molecular flexibility index (Phi) is 4.21. The van der Waals surface area contributed by atoms with Gasteiger partial charge in [-0.05, 0) is 30.2 Å². The van der Waals surface area contributed by atoms with Gasteiger partial charge >= 0.3 is 0 Å². The lowest BCUT2D eigenvalue weighted by atomic mass is 10.0. The lowest BCUT2D eigenvalue weighted by Crippen LogP contribution is -2.13. The van der Waals surface area contributed by atoms with E-state index in [2.05, 4.69) is 10.3 Å². The summed E-state index contributed by atoms with van der Waals surface area (Å²) in [7, 11) is 0. The van der Waals surface area contributed by atoms with Gasteiger partial charge in [0.1, 0.15) is 11.3 Å². The number of fused-ring (bicyclic) bond motifs is 1. The SMILES string of the molecule is Cc1ccccc1C(O)CNc1ccnc2c(F)cc(F)cc12. The molecule has 0 amide bonds. The monoisotopic (exact) mass is 314 g/mol. The molecule has 1 aromatic heterocycles. The van der Waals surface area contributed by atoms with Crippen molar-refractivity contribution in [3.8, 4) is 0 Å². The van der Waals surface area contributed by atoms with Crippen LogP contribution in [0.15, 0.2) is 48.7 Å². The van der Waals surface area contributed by atoms with Gasteiger partial charge in [-0.25, -0.2) is 8.78 Å². The van der Waals surface area contributed by atoms with Gasteiger partial charge in [0.2, 0.25) is 0 Å². The molecule has 0 aliphatic rings. The van der Waals surface area contributed by atoms with Crippen LogP contribution < -0.4 is 5.32 Å². The Morgan fingerprint density at radius 3 is 2.74 bits per heavy atom. The van der Waals surface area contributed by atoms with Gasteiger partial charge in [0.25, 0.3) is 0 Å². The quantitative estimate of drug-likeness (QED) is 0.766. The highest BCUT2D eigenvalue weighted by molar-refractivity contribution is 5.91. The molecule has 0 radical (unpaired) electrons. The van der Waals surface area contributed by atoms with Gasteiger partial charge in [0, 0.05) is 29.9 Å². The minimum Gasteiger partial charge on any atom is -0.387 e. The summed E-state index contributed by atoms with van der Waals surface area (Å²) in [5.74, 6) is -1.37. The Hall–Kier alpha value is -2.53. The van der Waals surface area contributed by atoms with E-state index in [0.717, 1.165) is 17.2 Å². The van der Waals surface area contributed by atoms with Crippen molar-refractivity contribution in [1.82, 2.24) is 4.98 Å². The van der Waals surface area contributed by atoms with E-state index in [4.69, 9.17) is 0 Å². The van der Waals surface area contributed by atoms with Crippen LogP contribution in [0.5, 0.6) is 0 Å². The van der Waals surface area contributed by atoms with Crippen LogP contribution in [0.2, 0.25) is 0 Å². The highest BCUT2D eigenvalue weighted by Gasteiger charge is 2.12. The molecule has 0 fully saturated rings. The van der Waals surface area contributed by atoms with Crippen LogP contribution in [0, 0.1) is 18.6 Å². The fraction of sp³-hybridized carbons (Fsp3) is 0.167. The minimum atomic E-state index is -0.724. The summed E-state index contributed by atoms with van der Waals surface area (Å²) >= 11 is 0. The van der Waals surface area contributed by atoms with Crippen LogP contribution in [0.25, 0.3) is 10.9 Å². The normalized spacial score (nSPS) is 12.3. The largest absolute Gasteiger partial charge is 0.387 e. The Balaban J connectivity index is 1.86. The van der Waals surface area contributed by atoms with Crippen LogP contribution in [-0.4, -0.2) is 16.6 Å². The second kappa shape index (κ2) is 6.30. The van der Waals surface area contributed by atoms with E-state index >= 15 is 0 Å². The van der Waals surface area contributed by atoms with Gasteiger partial charge < -0.3 is 10.4 Å². The highest BCUT2D eigenvalue weighted by Crippen LogP contribution is 2.26. The van der Waals surface area contributed by atoms with Gasteiger partial charge in [0.05, 0.1) is 6.10 Å². The molecular weight excluding hydrogens is 298 g/mol. The Morgan fingerprint density at radius 2 is 1.96 bits per heavy atom. The van der Waals surface area contributed by atoms with Crippen molar-refractivity contribution in [3.05, 3.63) is 71.4 Å². The molecule has 3 rings (SSSR count). The van der Waals surface area contributed by atoms with Crippen LogP contribution in [0.3, 0.4) is 0 Å². The first kappa shape index (κ1) is 15.4. The van der Waals surface area contributed by atoms with Gasteiger partial charge in [-0.2, -0.15) is 0 Å². The number of aryl methyl sites for hydroxylation is 1. The number of rotatable bonds is 4. The maximum atomic E-state index is 13.8. The van der Waals surface area contributed by atoms with E-state index in [0.29, 0.717) is 11.1 Å². The third kappa shape index (κ3) is 3.14. The maximum Gasteiger partial charge on any atom is 0.152 e. The zero-order valence-electron chi connectivity index (χ0n) is 12.6. The minimum absolute atomic E-state index is 0.0989. The Labute approximate surface area is 132 Å². The first-order valence-electron chi connectivity index (χ1n) is 7.27. The second-order valence-corrected chi connectivity index (χ2v) is 5.40. The molecule has 3 nitrogen and oxygen atoms in total. The van der Waals surface area contributed by atoms with E-state index < -0.39 is 17.7 Å². The predicted octanol–water partition coefficient (Wildman–Crippen LogP) is 3.97. The van der Waals surface area contributed by atoms with Gasteiger partial charge in [-0.15, -0.1) is 0 Å². The van der Waals surface area contributed by atoms with E-state index in [9.17, 15) is 13.9 Å². The third-order valence-electron chi connectivity index (χ3n) is 3.80. The van der Waals surface area contributed by atoms with Crippen LogP contribution >= 0.6 is 0 Å².